The molecule has 1 N–H and O–H groups in total. The molecule has 1 nitrogen and oxygen atoms in total. The number of likely N-dealkylation sites (N-methyl/N-ethyl adjacent to an activating group) is 1. The lowest BCUT2D eigenvalue weighted by atomic mass is 9.91. The average molecular weight is 223 g/mol. The fourth-order valence-electron chi connectivity index (χ4n) is 1.90. The van der Waals surface area contributed by atoms with Crippen LogP contribution in [0, 0.1) is 11.7 Å². The molecule has 0 amide bonds. The molecule has 0 aliphatic heterocycles. The molecule has 0 bridgehead atoms. The van der Waals surface area contributed by atoms with Gasteiger partial charge in [-0.25, -0.2) is 4.39 Å². The molecule has 0 aliphatic carbocycles. The second-order valence-electron chi connectivity index (χ2n) is 4.78. The molecule has 0 radical (unpaired) electrons. The molecule has 1 rings (SSSR count). The van der Waals surface area contributed by atoms with E-state index in [0.717, 1.165) is 18.9 Å². The van der Waals surface area contributed by atoms with Gasteiger partial charge in [0.1, 0.15) is 5.82 Å². The van der Waals surface area contributed by atoms with Crippen molar-refractivity contribution in [1.82, 2.24) is 5.32 Å². The maximum absolute atomic E-state index is 12.8. The van der Waals surface area contributed by atoms with Crippen molar-refractivity contribution in [3.8, 4) is 0 Å². The summed E-state index contributed by atoms with van der Waals surface area (Å²) >= 11 is 0. The molecular weight excluding hydrogens is 201 g/mol. The van der Waals surface area contributed by atoms with Crippen molar-refractivity contribution in [3.05, 3.63) is 35.6 Å². The molecule has 1 aromatic rings. The Morgan fingerprint density at radius 2 is 1.75 bits per heavy atom. The third-order valence-electron chi connectivity index (χ3n) is 2.88. The molecule has 1 unspecified atom stereocenters. The standard InChI is InChI=1S/C14H22FN/c1-11(2)4-5-13(10-16-3)12-6-8-14(15)9-7-12/h6-9,11,13,16H,4-5,10H2,1-3H3. The highest BCUT2D eigenvalue weighted by Crippen LogP contribution is 2.23. The van der Waals surface area contributed by atoms with Crippen LogP contribution in [0.15, 0.2) is 24.3 Å². The van der Waals surface area contributed by atoms with Crippen LogP contribution in [0.2, 0.25) is 0 Å². The van der Waals surface area contributed by atoms with Gasteiger partial charge in [0.25, 0.3) is 0 Å². The van der Waals surface area contributed by atoms with E-state index in [0.29, 0.717) is 5.92 Å². The van der Waals surface area contributed by atoms with Crippen LogP contribution in [0.3, 0.4) is 0 Å². The molecule has 0 aromatic heterocycles. The molecule has 1 atom stereocenters. The lowest BCUT2D eigenvalue weighted by molar-refractivity contribution is 0.487. The third kappa shape index (κ3) is 4.31. The minimum Gasteiger partial charge on any atom is -0.319 e. The molecule has 0 aliphatic rings. The SMILES string of the molecule is CNCC(CCC(C)C)c1ccc(F)cc1. The van der Waals surface area contributed by atoms with Crippen LogP contribution in [-0.2, 0) is 0 Å². The quantitative estimate of drug-likeness (QED) is 0.777. The molecular formula is C14H22FN. The van der Waals surface area contributed by atoms with Crippen molar-refractivity contribution in [2.45, 2.75) is 32.6 Å². The first-order valence-corrected chi connectivity index (χ1v) is 6.03. The number of nitrogens with one attached hydrogen (secondary N) is 1. The predicted molar refractivity (Wildman–Crippen MR) is 67.1 cm³/mol. The van der Waals surface area contributed by atoms with Crippen LogP contribution in [0.5, 0.6) is 0 Å². The first-order valence-electron chi connectivity index (χ1n) is 6.03. The van der Waals surface area contributed by atoms with Gasteiger partial charge in [-0.2, -0.15) is 0 Å². The number of rotatable bonds is 6. The minimum atomic E-state index is -0.157. The summed E-state index contributed by atoms with van der Waals surface area (Å²) in [4.78, 5) is 0. The van der Waals surface area contributed by atoms with Crippen LogP contribution in [0.4, 0.5) is 4.39 Å². The van der Waals surface area contributed by atoms with Crippen LogP contribution in [-0.4, -0.2) is 13.6 Å². The van der Waals surface area contributed by atoms with Crippen LogP contribution >= 0.6 is 0 Å². The van der Waals surface area contributed by atoms with Gasteiger partial charge in [0.2, 0.25) is 0 Å². The van der Waals surface area contributed by atoms with E-state index in [-0.39, 0.29) is 5.82 Å². The van der Waals surface area contributed by atoms with Crippen LogP contribution < -0.4 is 5.32 Å². The molecule has 2 heteroatoms. The maximum atomic E-state index is 12.8. The van der Waals surface area contributed by atoms with Gasteiger partial charge in [-0.1, -0.05) is 32.4 Å². The summed E-state index contributed by atoms with van der Waals surface area (Å²) < 4.78 is 12.8. The zero-order valence-corrected chi connectivity index (χ0v) is 10.5. The van der Waals surface area contributed by atoms with Crippen molar-refractivity contribution >= 4 is 0 Å². The highest BCUT2D eigenvalue weighted by atomic mass is 19.1. The zero-order valence-electron chi connectivity index (χ0n) is 10.5. The fourth-order valence-corrected chi connectivity index (χ4v) is 1.90. The fraction of sp³-hybridized carbons (Fsp3) is 0.571. The largest absolute Gasteiger partial charge is 0.319 e. The lowest BCUT2D eigenvalue weighted by Gasteiger charge is -2.18. The Morgan fingerprint density at radius 1 is 1.12 bits per heavy atom. The number of hydrogen-bond acceptors (Lipinski definition) is 1. The first kappa shape index (κ1) is 13.2. The van der Waals surface area contributed by atoms with Gasteiger partial charge in [-0.3, -0.25) is 0 Å². The average Bonchev–Trinajstić information content (AvgIpc) is 2.25. The van der Waals surface area contributed by atoms with Gasteiger partial charge >= 0.3 is 0 Å². The molecule has 0 heterocycles. The van der Waals surface area contributed by atoms with E-state index in [1.807, 2.05) is 19.2 Å². The molecule has 0 spiro atoms. The monoisotopic (exact) mass is 223 g/mol. The zero-order chi connectivity index (χ0) is 12.0. The number of halogens is 1. The number of hydrogen-bond donors (Lipinski definition) is 1. The van der Waals surface area contributed by atoms with E-state index < -0.39 is 0 Å². The lowest BCUT2D eigenvalue weighted by Crippen LogP contribution is -2.17. The highest BCUT2D eigenvalue weighted by molar-refractivity contribution is 5.20. The Hall–Kier alpha value is -0.890. The van der Waals surface area contributed by atoms with Crippen LogP contribution in [0.25, 0.3) is 0 Å². The van der Waals surface area contributed by atoms with Crippen molar-refractivity contribution in [2.24, 2.45) is 5.92 Å². The Kier molecular flexibility index (Phi) is 5.47. The normalized spacial score (nSPS) is 13.1. The molecule has 0 saturated carbocycles. The highest BCUT2D eigenvalue weighted by Gasteiger charge is 2.11. The molecule has 0 fully saturated rings. The first-order chi connectivity index (χ1) is 7.63. The van der Waals surface area contributed by atoms with E-state index >= 15 is 0 Å². The summed E-state index contributed by atoms with van der Waals surface area (Å²) in [5.74, 6) is 1.06. The Labute approximate surface area is 98.1 Å². The van der Waals surface area contributed by atoms with E-state index in [1.165, 1.54) is 12.0 Å². The van der Waals surface area contributed by atoms with Gasteiger partial charge in [-0.15, -0.1) is 0 Å². The smallest absolute Gasteiger partial charge is 0.123 e. The summed E-state index contributed by atoms with van der Waals surface area (Å²) in [6.07, 6.45) is 2.37. The summed E-state index contributed by atoms with van der Waals surface area (Å²) in [5.41, 5.74) is 1.23. The maximum Gasteiger partial charge on any atom is 0.123 e. The van der Waals surface area contributed by atoms with Gasteiger partial charge in [0, 0.05) is 6.54 Å². The summed E-state index contributed by atoms with van der Waals surface area (Å²) in [5, 5.41) is 3.21. The minimum absolute atomic E-state index is 0.157. The molecule has 1 aromatic carbocycles. The summed E-state index contributed by atoms with van der Waals surface area (Å²) in [7, 11) is 1.96. The van der Waals surface area contributed by atoms with Gasteiger partial charge in [0.15, 0.2) is 0 Å². The van der Waals surface area contributed by atoms with Gasteiger partial charge in [-0.05, 0) is 43.0 Å². The summed E-state index contributed by atoms with van der Waals surface area (Å²) in [6.45, 7) is 5.43. The second kappa shape index (κ2) is 6.64. The number of benzene rings is 1. The van der Waals surface area contributed by atoms with Crippen molar-refractivity contribution in [1.29, 1.82) is 0 Å². The topological polar surface area (TPSA) is 12.0 Å². The van der Waals surface area contributed by atoms with Crippen molar-refractivity contribution < 1.29 is 4.39 Å². The molecule has 90 valence electrons. The van der Waals surface area contributed by atoms with Crippen LogP contribution in [0.1, 0.15) is 38.2 Å². The van der Waals surface area contributed by atoms with E-state index in [4.69, 9.17) is 0 Å². The Balaban J connectivity index is 2.64. The van der Waals surface area contributed by atoms with Crippen molar-refractivity contribution in [2.75, 3.05) is 13.6 Å². The second-order valence-corrected chi connectivity index (χ2v) is 4.78. The molecule has 0 saturated heterocycles. The van der Waals surface area contributed by atoms with Gasteiger partial charge in [0.05, 0.1) is 0 Å². The Bertz CT molecular complexity index is 292. The van der Waals surface area contributed by atoms with E-state index in [1.54, 1.807) is 12.1 Å². The molecule has 16 heavy (non-hydrogen) atoms. The Morgan fingerprint density at radius 3 is 2.25 bits per heavy atom. The predicted octanol–water partition coefficient (Wildman–Crippen LogP) is 3.56. The van der Waals surface area contributed by atoms with E-state index in [9.17, 15) is 4.39 Å². The van der Waals surface area contributed by atoms with Gasteiger partial charge < -0.3 is 5.32 Å². The third-order valence-corrected chi connectivity index (χ3v) is 2.88. The summed E-state index contributed by atoms with van der Waals surface area (Å²) in [6, 6.07) is 6.90. The van der Waals surface area contributed by atoms with Crippen molar-refractivity contribution in [3.63, 3.8) is 0 Å². The van der Waals surface area contributed by atoms with E-state index in [2.05, 4.69) is 19.2 Å².